The van der Waals surface area contributed by atoms with Gasteiger partial charge in [-0.15, -0.1) is 0 Å². The normalized spacial score (nSPS) is 19.9. The van der Waals surface area contributed by atoms with Crippen molar-refractivity contribution in [2.75, 3.05) is 25.0 Å². The number of piperazine rings is 1. The lowest BCUT2D eigenvalue weighted by atomic mass is 10.3. The van der Waals surface area contributed by atoms with Crippen molar-refractivity contribution in [2.45, 2.75) is 24.8 Å². The Morgan fingerprint density at radius 1 is 1.50 bits per heavy atom. The van der Waals surface area contributed by atoms with Gasteiger partial charge in [0, 0.05) is 38.7 Å². The Kier molecular flexibility index (Phi) is 5.06. The van der Waals surface area contributed by atoms with Crippen molar-refractivity contribution < 1.29 is 17.6 Å². The van der Waals surface area contributed by atoms with E-state index in [1.165, 1.54) is 11.2 Å². The van der Waals surface area contributed by atoms with Gasteiger partial charge in [0.1, 0.15) is 10.7 Å². The predicted octanol–water partition coefficient (Wildman–Crippen LogP) is 1.42. The number of halogens is 2. The Morgan fingerprint density at radius 2 is 2.18 bits per heavy atom. The summed E-state index contributed by atoms with van der Waals surface area (Å²) in [4.78, 5) is 10.5. The fourth-order valence-corrected chi connectivity index (χ4v) is 4.14. The number of carbonyl (C=O) groups excluding carboxylic acids is 1. The van der Waals surface area contributed by atoms with E-state index in [-0.39, 0.29) is 29.8 Å². The molecule has 9 heteroatoms. The second kappa shape index (κ2) is 6.49. The molecule has 2 rings (SSSR count). The van der Waals surface area contributed by atoms with Gasteiger partial charge in [-0.05, 0) is 13.0 Å². The number of carbonyl (C=O) groups is 1. The van der Waals surface area contributed by atoms with Crippen molar-refractivity contribution in [3.05, 3.63) is 23.0 Å². The Morgan fingerprint density at radius 3 is 2.77 bits per heavy atom. The maximum atomic E-state index is 14.2. The summed E-state index contributed by atoms with van der Waals surface area (Å²) in [6.45, 7) is 4.12. The molecule has 0 aliphatic carbocycles. The van der Waals surface area contributed by atoms with Crippen LogP contribution in [-0.2, 0) is 14.8 Å². The molecular formula is C13H17ClFN3O3S. The lowest BCUT2D eigenvalue weighted by Crippen LogP contribution is -2.51. The monoisotopic (exact) mass is 349 g/mol. The van der Waals surface area contributed by atoms with E-state index >= 15 is 0 Å². The third kappa shape index (κ3) is 3.57. The molecule has 0 spiro atoms. The summed E-state index contributed by atoms with van der Waals surface area (Å²) in [5, 5.41) is 5.44. The van der Waals surface area contributed by atoms with Gasteiger partial charge in [0.15, 0.2) is 0 Å². The number of benzene rings is 1. The van der Waals surface area contributed by atoms with E-state index < -0.39 is 26.6 Å². The van der Waals surface area contributed by atoms with Crippen LogP contribution in [0.2, 0.25) is 5.02 Å². The third-order valence-electron chi connectivity index (χ3n) is 3.28. The molecule has 1 atom stereocenters. The average Bonchev–Trinajstić information content (AvgIpc) is 2.41. The lowest BCUT2D eigenvalue weighted by Gasteiger charge is -2.31. The third-order valence-corrected chi connectivity index (χ3v) is 5.47. The van der Waals surface area contributed by atoms with Crippen LogP contribution in [0.25, 0.3) is 0 Å². The summed E-state index contributed by atoms with van der Waals surface area (Å²) in [6.07, 6.45) is 0. The van der Waals surface area contributed by atoms with E-state index in [1.807, 2.05) is 6.92 Å². The molecule has 1 saturated heterocycles. The number of nitrogens with one attached hydrogen (secondary N) is 2. The molecular weight excluding hydrogens is 333 g/mol. The van der Waals surface area contributed by atoms with Gasteiger partial charge in [0.05, 0.1) is 10.7 Å². The minimum absolute atomic E-state index is 0.0132. The number of sulfonamides is 1. The lowest BCUT2D eigenvalue weighted by molar-refractivity contribution is -0.114. The topological polar surface area (TPSA) is 78.5 Å². The van der Waals surface area contributed by atoms with Crippen LogP contribution in [0.3, 0.4) is 0 Å². The fourth-order valence-electron chi connectivity index (χ4n) is 2.27. The molecule has 0 radical (unpaired) electrons. The summed E-state index contributed by atoms with van der Waals surface area (Å²) in [5.41, 5.74) is 0.0410. The molecule has 22 heavy (non-hydrogen) atoms. The van der Waals surface area contributed by atoms with Crippen LogP contribution in [0.5, 0.6) is 0 Å². The summed E-state index contributed by atoms with van der Waals surface area (Å²) >= 11 is 5.94. The predicted molar refractivity (Wildman–Crippen MR) is 81.9 cm³/mol. The van der Waals surface area contributed by atoms with E-state index in [1.54, 1.807) is 0 Å². The Bertz CT molecular complexity index is 696. The number of anilines is 1. The number of nitrogens with zero attached hydrogens (tertiary/aromatic N) is 1. The van der Waals surface area contributed by atoms with Gasteiger partial charge in [-0.25, -0.2) is 12.8 Å². The molecule has 122 valence electrons. The first-order valence-corrected chi connectivity index (χ1v) is 8.54. The van der Waals surface area contributed by atoms with Crippen LogP contribution in [-0.4, -0.2) is 44.3 Å². The minimum atomic E-state index is -3.97. The number of hydrogen-bond donors (Lipinski definition) is 2. The Labute approximate surface area is 133 Å². The highest BCUT2D eigenvalue weighted by Gasteiger charge is 2.31. The Balaban J connectivity index is 2.39. The van der Waals surface area contributed by atoms with E-state index in [0.717, 1.165) is 12.1 Å². The molecule has 0 saturated carbocycles. The van der Waals surface area contributed by atoms with Crippen LogP contribution in [0.4, 0.5) is 10.1 Å². The van der Waals surface area contributed by atoms with Crippen molar-refractivity contribution in [1.29, 1.82) is 0 Å². The molecule has 0 bridgehead atoms. The van der Waals surface area contributed by atoms with Gasteiger partial charge >= 0.3 is 0 Å². The molecule has 0 aromatic heterocycles. The van der Waals surface area contributed by atoms with Crippen molar-refractivity contribution in [1.82, 2.24) is 9.62 Å². The van der Waals surface area contributed by atoms with Crippen molar-refractivity contribution in [3.63, 3.8) is 0 Å². The van der Waals surface area contributed by atoms with Crippen LogP contribution < -0.4 is 10.6 Å². The molecule has 2 N–H and O–H groups in total. The molecule has 6 nitrogen and oxygen atoms in total. The molecule has 1 unspecified atom stereocenters. The van der Waals surface area contributed by atoms with E-state index in [0.29, 0.717) is 6.54 Å². The number of rotatable bonds is 3. The molecule has 1 amide bonds. The zero-order valence-electron chi connectivity index (χ0n) is 12.2. The minimum Gasteiger partial charge on any atom is -0.325 e. The smallest absolute Gasteiger partial charge is 0.246 e. The first-order chi connectivity index (χ1) is 10.2. The van der Waals surface area contributed by atoms with E-state index in [9.17, 15) is 17.6 Å². The summed E-state index contributed by atoms with van der Waals surface area (Å²) in [6, 6.07) is 1.94. The molecule has 1 fully saturated rings. The fraction of sp³-hybridized carbons (Fsp3) is 0.462. The van der Waals surface area contributed by atoms with Gasteiger partial charge in [-0.2, -0.15) is 4.31 Å². The van der Waals surface area contributed by atoms with Crippen molar-refractivity contribution in [3.8, 4) is 0 Å². The van der Waals surface area contributed by atoms with Gasteiger partial charge in [-0.3, -0.25) is 4.79 Å². The van der Waals surface area contributed by atoms with Crippen LogP contribution in [0.15, 0.2) is 17.0 Å². The zero-order valence-corrected chi connectivity index (χ0v) is 13.8. The molecule has 1 aromatic rings. The largest absolute Gasteiger partial charge is 0.325 e. The van der Waals surface area contributed by atoms with E-state index in [4.69, 9.17) is 11.6 Å². The number of amides is 1. The first kappa shape index (κ1) is 17.1. The molecule has 1 aliphatic rings. The van der Waals surface area contributed by atoms with Crippen LogP contribution in [0.1, 0.15) is 13.8 Å². The van der Waals surface area contributed by atoms with Crippen molar-refractivity contribution >= 4 is 33.2 Å². The van der Waals surface area contributed by atoms with Crippen molar-refractivity contribution in [2.24, 2.45) is 0 Å². The zero-order chi connectivity index (χ0) is 16.5. The highest BCUT2D eigenvalue weighted by atomic mass is 35.5. The highest BCUT2D eigenvalue weighted by Crippen LogP contribution is 2.30. The molecule has 1 heterocycles. The van der Waals surface area contributed by atoms with Gasteiger partial charge in [-0.1, -0.05) is 11.6 Å². The van der Waals surface area contributed by atoms with Crippen LogP contribution >= 0.6 is 11.6 Å². The highest BCUT2D eigenvalue weighted by molar-refractivity contribution is 7.89. The quantitative estimate of drug-likeness (QED) is 0.865. The molecule has 1 aliphatic heterocycles. The standard InChI is InChI=1S/C13H17ClFN3O3S/c1-8-7-18(4-3-16-8)22(20,21)13-5-10(14)12(6-11(13)15)17-9(2)19/h5-6,8,16H,3-4,7H2,1-2H3,(H,17,19). The van der Waals surface area contributed by atoms with Gasteiger partial charge in [0.25, 0.3) is 0 Å². The maximum Gasteiger partial charge on any atom is 0.246 e. The molecule has 1 aromatic carbocycles. The number of hydrogen-bond acceptors (Lipinski definition) is 4. The maximum absolute atomic E-state index is 14.2. The first-order valence-electron chi connectivity index (χ1n) is 6.72. The summed E-state index contributed by atoms with van der Waals surface area (Å²) < 4.78 is 40.5. The Hall–Kier alpha value is -1.22. The second-order valence-corrected chi connectivity index (χ2v) is 7.48. The van der Waals surface area contributed by atoms with Gasteiger partial charge < -0.3 is 10.6 Å². The summed E-state index contributed by atoms with van der Waals surface area (Å²) in [7, 11) is -3.97. The average molecular weight is 350 g/mol. The SMILES string of the molecule is CC(=O)Nc1cc(F)c(S(=O)(=O)N2CCNC(C)C2)cc1Cl. The van der Waals surface area contributed by atoms with Crippen LogP contribution in [0, 0.1) is 5.82 Å². The van der Waals surface area contributed by atoms with Gasteiger partial charge in [0.2, 0.25) is 15.9 Å². The summed E-state index contributed by atoms with van der Waals surface area (Å²) in [5.74, 6) is -1.37. The second-order valence-electron chi connectivity index (χ2n) is 5.16. The van der Waals surface area contributed by atoms with E-state index in [2.05, 4.69) is 10.6 Å².